The summed E-state index contributed by atoms with van der Waals surface area (Å²) in [6.07, 6.45) is -6.11. The summed E-state index contributed by atoms with van der Waals surface area (Å²) in [7, 11) is 0. The van der Waals surface area contributed by atoms with E-state index >= 15 is 0 Å². The lowest BCUT2D eigenvalue weighted by Gasteiger charge is -2.23. The first-order valence-corrected chi connectivity index (χ1v) is 7.59. The number of alkyl halides is 3. The van der Waals surface area contributed by atoms with Crippen LogP contribution in [0.1, 0.15) is 33.6 Å². The molecule has 0 aromatic carbocycles. The maximum atomic E-state index is 11.8. The zero-order valence-corrected chi connectivity index (χ0v) is 15.1. The van der Waals surface area contributed by atoms with E-state index in [-0.39, 0.29) is 25.9 Å². The number of carboxylic acids is 2. The average molecular weight is 403 g/mol. The number of aliphatic carboxylic acids is 2. The van der Waals surface area contributed by atoms with Gasteiger partial charge in [0, 0.05) is 19.5 Å². The van der Waals surface area contributed by atoms with Gasteiger partial charge in [0.15, 0.2) is 0 Å². The largest absolute Gasteiger partial charge is 0.490 e. The molecule has 0 unspecified atom stereocenters. The zero-order valence-electron chi connectivity index (χ0n) is 15.1. The second-order valence-corrected chi connectivity index (χ2v) is 6.01. The molecule has 10 nitrogen and oxygen atoms in total. The Labute approximate surface area is 153 Å². The van der Waals surface area contributed by atoms with Gasteiger partial charge in [0.2, 0.25) is 5.91 Å². The number of carbonyl (C=O) groups excluding carboxylic acids is 2. The van der Waals surface area contributed by atoms with E-state index in [9.17, 15) is 27.6 Å². The zero-order chi connectivity index (χ0) is 21.8. The van der Waals surface area contributed by atoms with Crippen LogP contribution in [-0.2, 0) is 19.1 Å². The first kappa shape index (κ1) is 26.7. The number of halogens is 3. The van der Waals surface area contributed by atoms with Crippen molar-refractivity contribution in [2.24, 2.45) is 5.73 Å². The molecule has 0 radical (unpaired) electrons. The van der Waals surface area contributed by atoms with E-state index in [4.69, 9.17) is 25.5 Å². The van der Waals surface area contributed by atoms with Crippen LogP contribution in [0, 0.1) is 0 Å². The molecule has 0 saturated carbocycles. The molecule has 158 valence electrons. The highest BCUT2D eigenvalue weighted by Crippen LogP contribution is 2.13. The van der Waals surface area contributed by atoms with Crippen LogP contribution in [0.4, 0.5) is 18.0 Å². The average Bonchev–Trinajstić information content (AvgIpc) is 2.46. The van der Waals surface area contributed by atoms with Crippen molar-refractivity contribution in [2.75, 3.05) is 13.1 Å². The fourth-order valence-corrected chi connectivity index (χ4v) is 1.31. The Kier molecular flexibility index (Phi) is 11.8. The van der Waals surface area contributed by atoms with Gasteiger partial charge in [0.05, 0.1) is 0 Å². The van der Waals surface area contributed by atoms with Crippen molar-refractivity contribution in [2.45, 2.75) is 51.4 Å². The van der Waals surface area contributed by atoms with Gasteiger partial charge in [-0.2, -0.15) is 13.2 Å². The van der Waals surface area contributed by atoms with E-state index in [1.54, 1.807) is 20.8 Å². The second kappa shape index (κ2) is 11.9. The first-order valence-electron chi connectivity index (χ1n) is 7.59. The minimum atomic E-state index is -5.08. The van der Waals surface area contributed by atoms with Crippen LogP contribution in [0.5, 0.6) is 0 Å². The summed E-state index contributed by atoms with van der Waals surface area (Å²) < 4.78 is 36.8. The Morgan fingerprint density at radius 2 is 1.59 bits per heavy atom. The number of alkyl carbamates (subject to hydrolysis) is 1. The summed E-state index contributed by atoms with van der Waals surface area (Å²) in [6.45, 7) is 5.57. The molecule has 27 heavy (non-hydrogen) atoms. The third-order valence-electron chi connectivity index (χ3n) is 2.34. The predicted octanol–water partition coefficient (Wildman–Crippen LogP) is 0.453. The predicted molar refractivity (Wildman–Crippen MR) is 85.8 cm³/mol. The number of carboxylic acid groups (broad SMARTS) is 2. The number of hydrogen-bond donors (Lipinski definition) is 5. The van der Waals surface area contributed by atoms with Gasteiger partial charge >= 0.3 is 24.2 Å². The Balaban J connectivity index is 0. The topological polar surface area (TPSA) is 168 Å². The van der Waals surface area contributed by atoms with Gasteiger partial charge in [0.1, 0.15) is 11.6 Å². The van der Waals surface area contributed by atoms with Crippen molar-refractivity contribution in [3.05, 3.63) is 0 Å². The summed E-state index contributed by atoms with van der Waals surface area (Å²) in [6, 6.07) is -0.965. The molecule has 0 aliphatic rings. The van der Waals surface area contributed by atoms with Gasteiger partial charge in [-0.05, 0) is 27.2 Å². The van der Waals surface area contributed by atoms with Crippen molar-refractivity contribution in [3.63, 3.8) is 0 Å². The molecule has 0 fully saturated rings. The summed E-state index contributed by atoms with van der Waals surface area (Å²) in [5.74, 6) is -4.29. The summed E-state index contributed by atoms with van der Waals surface area (Å²) in [4.78, 5) is 42.8. The molecule has 0 heterocycles. The Bertz CT molecular complexity index is 519. The van der Waals surface area contributed by atoms with Crippen molar-refractivity contribution in [1.29, 1.82) is 0 Å². The quantitative estimate of drug-likeness (QED) is 0.408. The van der Waals surface area contributed by atoms with Crippen LogP contribution in [0.15, 0.2) is 0 Å². The van der Waals surface area contributed by atoms with E-state index in [1.807, 2.05) is 0 Å². The van der Waals surface area contributed by atoms with Gasteiger partial charge in [-0.25, -0.2) is 9.59 Å². The molecule has 2 amide bonds. The maximum absolute atomic E-state index is 11.8. The van der Waals surface area contributed by atoms with Crippen molar-refractivity contribution in [3.8, 4) is 0 Å². The molecule has 13 heteroatoms. The fraction of sp³-hybridized carbons (Fsp3) is 0.714. The van der Waals surface area contributed by atoms with Crippen LogP contribution in [0.2, 0.25) is 0 Å². The molecule has 0 saturated heterocycles. The van der Waals surface area contributed by atoms with Crippen molar-refractivity contribution in [1.82, 2.24) is 10.6 Å². The summed E-state index contributed by atoms with van der Waals surface area (Å²) in [5.41, 5.74) is 4.56. The van der Waals surface area contributed by atoms with Crippen LogP contribution in [0.25, 0.3) is 0 Å². The molecular weight excluding hydrogens is 379 g/mol. The monoisotopic (exact) mass is 403 g/mol. The molecular formula is C14H24F3N3O7. The molecule has 0 aromatic heterocycles. The molecule has 0 bridgehead atoms. The van der Waals surface area contributed by atoms with Gasteiger partial charge in [-0.3, -0.25) is 9.59 Å². The highest BCUT2D eigenvalue weighted by molar-refractivity contribution is 5.86. The minimum Gasteiger partial charge on any atom is -0.481 e. The number of nitrogens with two attached hydrogens (primary N) is 1. The lowest BCUT2D eigenvalue weighted by atomic mass is 10.1. The fourth-order valence-electron chi connectivity index (χ4n) is 1.31. The van der Waals surface area contributed by atoms with Crippen LogP contribution >= 0.6 is 0 Å². The minimum absolute atomic E-state index is 0.0228. The van der Waals surface area contributed by atoms with E-state index in [0.717, 1.165) is 0 Å². The molecule has 0 aliphatic heterocycles. The van der Waals surface area contributed by atoms with Gasteiger partial charge < -0.3 is 31.3 Å². The molecule has 0 aliphatic carbocycles. The van der Waals surface area contributed by atoms with E-state index in [0.29, 0.717) is 0 Å². The van der Waals surface area contributed by atoms with Crippen LogP contribution < -0.4 is 16.4 Å². The van der Waals surface area contributed by atoms with Crippen LogP contribution in [-0.4, -0.2) is 65.1 Å². The van der Waals surface area contributed by atoms with Gasteiger partial charge in [-0.15, -0.1) is 0 Å². The Morgan fingerprint density at radius 1 is 1.11 bits per heavy atom. The molecule has 6 N–H and O–H groups in total. The number of amides is 2. The van der Waals surface area contributed by atoms with Crippen LogP contribution in [0.3, 0.4) is 0 Å². The Morgan fingerprint density at radius 3 is 1.93 bits per heavy atom. The maximum Gasteiger partial charge on any atom is 0.490 e. The van der Waals surface area contributed by atoms with E-state index < -0.39 is 41.8 Å². The third-order valence-corrected chi connectivity index (χ3v) is 2.34. The number of carbonyl (C=O) groups is 4. The van der Waals surface area contributed by atoms with Gasteiger partial charge in [-0.1, -0.05) is 0 Å². The normalized spacial score (nSPS) is 12.1. The van der Waals surface area contributed by atoms with Crippen molar-refractivity contribution < 1.29 is 47.3 Å². The number of hydrogen-bond acceptors (Lipinski definition) is 6. The first-order chi connectivity index (χ1) is 12.1. The number of nitrogens with one attached hydrogen (secondary N) is 2. The standard InChI is InChI=1S/C12H23N3O5.C2HF3O2/c1-12(2,3)20-11(19)15-8(4-5-9(16)17)10(18)14-7-6-13;3-2(4,5)1(6)7/h8H,4-7,13H2,1-3H3,(H,14,18)(H,15,19)(H,16,17);(H,6,7)/t8-;/m1./s1. The number of ether oxygens (including phenoxy) is 1. The molecule has 1 atom stereocenters. The Hall–Kier alpha value is -2.57. The lowest BCUT2D eigenvalue weighted by molar-refractivity contribution is -0.192. The molecule has 0 spiro atoms. The summed E-state index contributed by atoms with van der Waals surface area (Å²) in [5, 5.41) is 20.6. The lowest BCUT2D eigenvalue weighted by Crippen LogP contribution is -2.49. The third kappa shape index (κ3) is 16.6. The molecule has 0 aromatic rings. The summed E-state index contributed by atoms with van der Waals surface area (Å²) >= 11 is 0. The number of rotatable bonds is 7. The highest BCUT2D eigenvalue weighted by Gasteiger charge is 2.38. The highest BCUT2D eigenvalue weighted by atomic mass is 19.4. The molecule has 0 rings (SSSR count). The van der Waals surface area contributed by atoms with E-state index in [2.05, 4.69) is 10.6 Å². The van der Waals surface area contributed by atoms with Crippen molar-refractivity contribution >= 4 is 23.9 Å². The smallest absolute Gasteiger partial charge is 0.481 e. The van der Waals surface area contributed by atoms with E-state index in [1.165, 1.54) is 0 Å². The SMILES string of the molecule is CC(C)(C)OC(=O)N[C@H](CCC(=O)O)C(=O)NCCN.O=C(O)C(F)(F)F. The van der Waals surface area contributed by atoms with Gasteiger partial charge in [0.25, 0.3) is 0 Å². The second-order valence-electron chi connectivity index (χ2n) is 6.01.